The summed E-state index contributed by atoms with van der Waals surface area (Å²) in [5.41, 5.74) is 1.03. The van der Waals surface area contributed by atoms with Gasteiger partial charge in [0.25, 0.3) is 0 Å². The molecule has 0 saturated carbocycles. The molecule has 0 heterocycles. The molecule has 1 aromatic rings. The molecule has 6 nitrogen and oxygen atoms in total. The van der Waals surface area contributed by atoms with Gasteiger partial charge in [-0.1, -0.05) is 0 Å². The van der Waals surface area contributed by atoms with Gasteiger partial charge in [0.15, 0.2) is 5.96 Å². The van der Waals surface area contributed by atoms with Crippen LogP contribution in [-0.4, -0.2) is 47.0 Å². The molecule has 126 valence electrons. The molecule has 0 radical (unpaired) electrons. The molecule has 1 aromatic carbocycles. The average molecular weight is 423 g/mol. The molecule has 7 heteroatoms. The molecular formula is C15H26IN3O3. The van der Waals surface area contributed by atoms with Crippen molar-refractivity contribution < 1.29 is 14.2 Å². The topological polar surface area (TPSA) is 64.1 Å². The molecule has 0 fully saturated rings. The lowest BCUT2D eigenvalue weighted by atomic mass is 10.2. The number of benzene rings is 1. The van der Waals surface area contributed by atoms with E-state index < -0.39 is 0 Å². The quantitative estimate of drug-likeness (QED) is 0.399. The van der Waals surface area contributed by atoms with Crippen molar-refractivity contribution in [3.63, 3.8) is 0 Å². The Balaban J connectivity index is 0.00000441. The van der Waals surface area contributed by atoms with Gasteiger partial charge < -0.3 is 24.8 Å². The molecular weight excluding hydrogens is 397 g/mol. The standard InChI is InChI=1S/C15H25N3O3.HI/c1-11(10-19-3)18-15(16-2)17-9-12-6-7-13(20-4)8-14(12)21-5;/h6-8,11H,9-10H2,1-5H3,(H2,16,17,18);1H. The number of nitrogens with zero attached hydrogens (tertiary/aromatic N) is 1. The fraction of sp³-hybridized carbons (Fsp3) is 0.533. The summed E-state index contributed by atoms with van der Waals surface area (Å²) in [6.07, 6.45) is 0. The summed E-state index contributed by atoms with van der Waals surface area (Å²) in [6.45, 7) is 3.25. The number of hydrogen-bond donors (Lipinski definition) is 2. The van der Waals surface area contributed by atoms with Crippen LogP contribution in [0.3, 0.4) is 0 Å². The Morgan fingerprint density at radius 3 is 2.50 bits per heavy atom. The minimum atomic E-state index is 0. The summed E-state index contributed by atoms with van der Waals surface area (Å²) >= 11 is 0. The maximum atomic E-state index is 5.37. The van der Waals surface area contributed by atoms with Crippen molar-refractivity contribution in [3.8, 4) is 11.5 Å². The second-order valence-electron chi connectivity index (χ2n) is 4.60. The number of rotatable bonds is 7. The maximum Gasteiger partial charge on any atom is 0.191 e. The number of nitrogens with one attached hydrogen (secondary N) is 2. The van der Waals surface area contributed by atoms with E-state index in [1.54, 1.807) is 28.4 Å². The largest absolute Gasteiger partial charge is 0.497 e. The van der Waals surface area contributed by atoms with Crippen molar-refractivity contribution >= 4 is 29.9 Å². The van der Waals surface area contributed by atoms with Crippen LogP contribution in [0.25, 0.3) is 0 Å². The number of methoxy groups -OCH3 is 3. The first kappa shape index (κ1) is 20.8. The lowest BCUT2D eigenvalue weighted by Gasteiger charge is -2.18. The molecule has 0 aromatic heterocycles. The third-order valence-corrected chi connectivity index (χ3v) is 2.96. The Morgan fingerprint density at radius 2 is 1.95 bits per heavy atom. The van der Waals surface area contributed by atoms with Crippen LogP contribution in [0.15, 0.2) is 23.2 Å². The van der Waals surface area contributed by atoms with E-state index in [1.807, 2.05) is 25.1 Å². The maximum absolute atomic E-state index is 5.37. The molecule has 0 spiro atoms. The molecule has 0 saturated heterocycles. The predicted octanol–water partition coefficient (Wildman–Crippen LogP) is 2.02. The summed E-state index contributed by atoms with van der Waals surface area (Å²) in [4.78, 5) is 4.19. The van der Waals surface area contributed by atoms with Gasteiger partial charge in [-0.05, 0) is 19.1 Å². The van der Waals surface area contributed by atoms with Crippen molar-refractivity contribution in [1.29, 1.82) is 0 Å². The highest BCUT2D eigenvalue weighted by atomic mass is 127. The van der Waals surface area contributed by atoms with Crippen LogP contribution in [0.2, 0.25) is 0 Å². The average Bonchev–Trinajstić information content (AvgIpc) is 2.51. The van der Waals surface area contributed by atoms with Gasteiger partial charge in [0, 0.05) is 38.4 Å². The number of hydrogen-bond acceptors (Lipinski definition) is 4. The minimum Gasteiger partial charge on any atom is -0.497 e. The van der Waals surface area contributed by atoms with Gasteiger partial charge in [-0.15, -0.1) is 24.0 Å². The van der Waals surface area contributed by atoms with Crippen LogP contribution in [-0.2, 0) is 11.3 Å². The third kappa shape index (κ3) is 6.69. The first-order valence-electron chi connectivity index (χ1n) is 6.81. The highest BCUT2D eigenvalue weighted by Crippen LogP contribution is 2.24. The molecule has 0 aliphatic rings. The van der Waals surface area contributed by atoms with Crippen molar-refractivity contribution in [2.75, 3.05) is 35.0 Å². The Kier molecular flexibility index (Phi) is 10.7. The first-order chi connectivity index (χ1) is 10.1. The zero-order chi connectivity index (χ0) is 15.7. The van der Waals surface area contributed by atoms with E-state index in [0.29, 0.717) is 13.2 Å². The van der Waals surface area contributed by atoms with E-state index in [9.17, 15) is 0 Å². The highest BCUT2D eigenvalue weighted by Gasteiger charge is 2.08. The van der Waals surface area contributed by atoms with Gasteiger partial charge in [0.2, 0.25) is 0 Å². The fourth-order valence-electron chi connectivity index (χ4n) is 1.90. The van der Waals surface area contributed by atoms with Gasteiger partial charge in [0.1, 0.15) is 11.5 Å². The zero-order valence-electron chi connectivity index (χ0n) is 13.8. The van der Waals surface area contributed by atoms with Crippen LogP contribution in [0.5, 0.6) is 11.5 Å². The summed E-state index contributed by atoms with van der Waals surface area (Å²) in [7, 11) is 6.69. The normalized spacial score (nSPS) is 12.1. The van der Waals surface area contributed by atoms with E-state index in [1.165, 1.54) is 0 Å². The van der Waals surface area contributed by atoms with Crippen molar-refractivity contribution in [2.24, 2.45) is 4.99 Å². The van der Waals surface area contributed by atoms with Crippen molar-refractivity contribution in [3.05, 3.63) is 23.8 Å². The van der Waals surface area contributed by atoms with Crippen LogP contribution in [0.1, 0.15) is 12.5 Å². The Hall–Kier alpha value is -1.22. The Labute approximate surface area is 149 Å². The lowest BCUT2D eigenvalue weighted by molar-refractivity contribution is 0.179. The molecule has 0 amide bonds. The lowest BCUT2D eigenvalue weighted by Crippen LogP contribution is -2.43. The Morgan fingerprint density at radius 1 is 1.23 bits per heavy atom. The smallest absolute Gasteiger partial charge is 0.191 e. The van der Waals surface area contributed by atoms with E-state index in [0.717, 1.165) is 23.0 Å². The number of guanidine groups is 1. The second kappa shape index (κ2) is 11.4. The molecule has 0 aliphatic heterocycles. The molecule has 0 aliphatic carbocycles. The zero-order valence-corrected chi connectivity index (χ0v) is 16.1. The molecule has 2 N–H and O–H groups in total. The molecule has 1 unspecified atom stereocenters. The number of aliphatic imine (C=N–C) groups is 1. The number of halogens is 1. The third-order valence-electron chi connectivity index (χ3n) is 2.96. The van der Waals surface area contributed by atoms with Crippen LogP contribution in [0.4, 0.5) is 0 Å². The van der Waals surface area contributed by atoms with Crippen LogP contribution >= 0.6 is 24.0 Å². The van der Waals surface area contributed by atoms with Crippen LogP contribution < -0.4 is 20.1 Å². The van der Waals surface area contributed by atoms with Gasteiger partial charge in [-0.25, -0.2) is 0 Å². The first-order valence-corrected chi connectivity index (χ1v) is 6.81. The molecule has 22 heavy (non-hydrogen) atoms. The van der Waals surface area contributed by atoms with E-state index in [-0.39, 0.29) is 30.0 Å². The van der Waals surface area contributed by atoms with E-state index in [2.05, 4.69) is 15.6 Å². The fourth-order valence-corrected chi connectivity index (χ4v) is 1.90. The molecule has 0 bridgehead atoms. The summed E-state index contributed by atoms with van der Waals surface area (Å²) in [5, 5.41) is 6.50. The van der Waals surface area contributed by atoms with Gasteiger partial charge >= 0.3 is 0 Å². The summed E-state index contributed by atoms with van der Waals surface area (Å²) in [6, 6.07) is 5.92. The van der Waals surface area contributed by atoms with Crippen molar-refractivity contribution in [1.82, 2.24) is 10.6 Å². The van der Waals surface area contributed by atoms with Gasteiger partial charge in [0.05, 0.1) is 20.8 Å². The Bertz CT molecular complexity index is 469. The highest BCUT2D eigenvalue weighted by molar-refractivity contribution is 14.0. The summed E-state index contributed by atoms with van der Waals surface area (Å²) in [5.74, 6) is 2.27. The monoisotopic (exact) mass is 423 g/mol. The molecule has 1 rings (SSSR count). The van der Waals surface area contributed by atoms with E-state index >= 15 is 0 Å². The van der Waals surface area contributed by atoms with Crippen molar-refractivity contribution in [2.45, 2.75) is 19.5 Å². The van der Waals surface area contributed by atoms with Crippen LogP contribution in [0, 0.1) is 0 Å². The predicted molar refractivity (Wildman–Crippen MR) is 99.6 cm³/mol. The minimum absolute atomic E-state index is 0. The van der Waals surface area contributed by atoms with Gasteiger partial charge in [-0.2, -0.15) is 0 Å². The number of ether oxygens (including phenoxy) is 3. The van der Waals surface area contributed by atoms with E-state index in [4.69, 9.17) is 14.2 Å². The van der Waals surface area contributed by atoms with Gasteiger partial charge in [-0.3, -0.25) is 4.99 Å². The second-order valence-corrected chi connectivity index (χ2v) is 4.60. The SMILES string of the molecule is CN=C(NCc1ccc(OC)cc1OC)NC(C)COC.I. The summed E-state index contributed by atoms with van der Waals surface area (Å²) < 4.78 is 15.7. The molecule has 1 atom stereocenters.